The first-order valence-corrected chi connectivity index (χ1v) is 5.99. The van der Waals surface area contributed by atoms with Crippen LogP contribution in [0.25, 0.3) is 11.0 Å². The standard InChI is InChI=1S/C13H17N3O/c1-16-11-5-3-2-4-10(11)15-12(16)13(14)6-8-17-9-7-13/h2-5H,6-9,14H2,1H3. The summed E-state index contributed by atoms with van der Waals surface area (Å²) in [4.78, 5) is 4.69. The molecule has 4 nitrogen and oxygen atoms in total. The van der Waals surface area contributed by atoms with Crippen LogP contribution in [-0.2, 0) is 17.3 Å². The molecule has 2 heterocycles. The lowest BCUT2D eigenvalue weighted by Crippen LogP contribution is -2.44. The lowest BCUT2D eigenvalue weighted by Gasteiger charge is -2.32. The van der Waals surface area contributed by atoms with Crippen LogP contribution in [0.5, 0.6) is 0 Å². The van der Waals surface area contributed by atoms with Crippen molar-refractivity contribution >= 4 is 11.0 Å². The third-order valence-corrected chi connectivity index (χ3v) is 3.62. The minimum absolute atomic E-state index is 0.341. The number of ether oxygens (including phenoxy) is 1. The van der Waals surface area contributed by atoms with Crippen LogP contribution in [0.4, 0.5) is 0 Å². The summed E-state index contributed by atoms with van der Waals surface area (Å²) in [5.41, 5.74) is 8.29. The molecule has 4 heteroatoms. The van der Waals surface area contributed by atoms with Crippen LogP contribution in [0.3, 0.4) is 0 Å². The quantitative estimate of drug-likeness (QED) is 0.810. The fourth-order valence-electron chi connectivity index (χ4n) is 2.55. The summed E-state index contributed by atoms with van der Waals surface area (Å²) in [6.45, 7) is 1.44. The van der Waals surface area contributed by atoms with Crippen LogP contribution in [0.2, 0.25) is 0 Å². The van der Waals surface area contributed by atoms with Crippen molar-refractivity contribution in [2.45, 2.75) is 18.4 Å². The number of para-hydroxylation sites is 2. The molecule has 0 radical (unpaired) electrons. The van der Waals surface area contributed by atoms with Crippen LogP contribution in [0.1, 0.15) is 18.7 Å². The number of aryl methyl sites for hydroxylation is 1. The fourth-order valence-corrected chi connectivity index (χ4v) is 2.55. The molecular weight excluding hydrogens is 214 g/mol. The molecule has 17 heavy (non-hydrogen) atoms. The van der Waals surface area contributed by atoms with E-state index in [1.807, 2.05) is 25.2 Å². The third kappa shape index (κ3) is 1.64. The number of rotatable bonds is 1. The number of hydrogen-bond acceptors (Lipinski definition) is 3. The van der Waals surface area contributed by atoms with E-state index in [0.717, 1.165) is 42.9 Å². The van der Waals surface area contributed by atoms with Gasteiger partial charge >= 0.3 is 0 Å². The molecule has 2 N–H and O–H groups in total. The zero-order valence-corrected chi connectivity index (χ0v) is 10.0. The Bertz CT molecular complexity index is 541. The Labute approximate surface area is 100 Å². The first-order valence-electron chi connectivity index (χ1n) is 5.99. The highest BCUT2D eigenvalue weighted by Crippen LogP contribution is 2.30. The molecule has 1 fully saturated rings. The van der Waals surface area contributed by atoms with Crippen molar-refractivity contribution in [1.29, 1.82) is 0 Å². The number of nitrogens with zero attached hydrogens (tertiary/aromatic N) is 2. The van der Waals surface area contributed by atoms with E-state index in [2.05, 4.69) is 10.6 Å². The van der Waals surface area contributed by atoms with E-state index >= 15 is 0 Å². The second-order valence-electron chi connectivity index (χ2n) is 4.75. The number of hydrogen-bond donors (Lipinski definition) is 1. The van der Waals surface area contributed by atoms with Crippen molar-refractivity contribution in [3.05, 3.63) is 30.1 Å². The second-order valence-corrected chi connectivity index (χ2v) is 4.75. The molecule has 2 aromatic rings. The second kappa shape index (κ2) is 3.82. The Morgan fingerprint density at radius 1 is 1.29 bits per heavy atom. The van der Waals surface area contributed by atoms with E-state index < -0.39 is 0 Å². The normalized spacial score (nSPS) is 19.6. The monoisotopic (exact) mass is 231 g/mol. The van der Waals surface area contributed by atoms with Crippen LogP contribution < -0.4 is 5.73 Å². The summed E-state index contributed by atoms with van der Waals surface area (Å²) in [5.74, 6) is 0.974. The first-order chi connectivity index (χ1) is 8.21. The molecule has 0 saturated carbocycles. The number of nitrogens with two attached hydrogens (primary N) is 1. The molecule has 0 bridgehead atoms. The maximum absolute atomic E-state index is 6.48. The SMILES string of the molecule is Cn1c(C2(N)CCOCC2)nc2ccccc21. The molecule has 1 aliphatic rings. The summed E-state index contributed by atoms with van der Waals surface area (Å²) in [5, 5.41) is 0. The van der Waals surface area contributed by atoms with Gasteiger partial charge in [-0.1, -0.05) is 12.1 Å². The Balaban J connectivity index is 2.13. The minimum atomic E-state index is -0.341. The highest BCUT2D eigenvalue weighted by molar-refractivity contribution is 5.76. The van der Waals surface area contributed by atoms with Crippen molar-refractivity contribution in [3.8, 4) is 0 Å². The van der Waals surface area contributed by atoms with Gasteiger partial charge in [-0.25, -0.2) is 4.98 Å². The van der Waals surface area contributed by atoms with E-state index in [0.29, 0.717) is 0 Å². The average Bonchev–Trinajstić information content (AvgIpc) is 2.69. The van der Waals surface area contributed by atoms with Crippen molar-refractivity contribution in [1.82, 2.24) is 9.55 Å². The van der Waals surface area contributed by atoms with Crippen LogP contribution in [-0.4, -0.2) is 22.8 Å². The van der Waals surface area contributed by atoms with Gasteiger partial charge in [0.1, 0.15) is 5.82 Å². The topological polar surface area (TPSA) is 53.1 Å². The first kappa shape index (κ1) is 10.7. The van der Waals surface area contributed by atoms with Gasteiger partial charge in [-0.15, -0.1) is 0 Å². The molecule has 0 aliphatic carbocycles. The van der Waals surface area contributed by atoms with Crippen LogP contribution >= 0.6 is 0 Å². The van der Waals surface area contributed by atoms with Crippen LogP contribution in [0, 0.1) is 0 Å². The fraction of sp³-hybridized carbons (Fsp3) is 0.462. The van der Waals surface area contributed by atoms with E-state index in [9.17, 15) is 0 Å². The molecule has 0 amide bonds. The van der Waals surface area contributed by atoms with E-state index in [1.165, 1.54) is 0 Å². The maximum Gasteiger partial charge on any atom is 0.129 e. The van der Waals surface area contributed by atoms with Crippen LogP contribution in [0.15, 0.2) is 24.3 Å². The van der Waals surface area contributed by atoms with Gasteiger partial charge < -0.3 is 15.0 Å². The van der Waals surface area contributed by atoms with E-state index in [-0.39, 0.29) is 5.54 Å². The Kier molecular flexibility index (Phi) is 2.42. The lowest BCUT2D eigenvalue weighted by atomic mass is 9.90. The largest absolute Gasteiger partial charge is 0.381 e. The maximum atomic E-state index is 6.48. The van der Waals surface area contributed by atoms with Crippen molar-refractivity contribution in [3.63, 3.8) is 0 Å². The van der Waals surface area contributed by atoms with Gasteiger partial charge in [0.15, 0.2) is 0 Å². The van der Waals surface area contributed by atoms with Crippen molar-refractivity contribution in [2.75, 3.05) is 13.2 Å². The molecule has 1 saturated heterocycles. The van der Waals surface area contributed by atoms with Gasteiger partial charge in [0.05, 0.1) is 16.6 Å². The summed E-state index contributed by atoms with van der Waals surface area (Å²) < 4.78 is 7.50. The molecule has 1 aliphatic heterocycles. The van der Waals surface area contributed by atoms with Crippen molar-refractivity contribution in [2.24, 2.45) is 12.8 Å². The number of benzene rings is 1. The number of fused-ring (bicyclic) bond motifs is 1. The van der Waals surface area contributed by atoms with Gasteiger partial charge in [0, 0.05) is 20.3 Å². The molecule has 0 atom stereocenters. The Hall–Kier alpha value is -1.39. The summed E-state index contributed by atoms with van der Waals surface area (Å²) in [6.07, 6.45) is 1.67. The Morgan fingerprint density at radius 3 is 2.71 bits per heavy atom. The van der Waals surface area contributed by atoms with Gasteiger partial charge in [-0.3, -0.25) is 0 Å². The van der Waals surface area contributed by atoms with E-state index in [1.54, 1.807) is 0 Å². The summed E-state index contributed by atoms with van der Waals surface area (Å²) in [6, 6.07) is 8.14. The van der Waals surface area contributed by atoms with Gasteiger partial charge in [-0.2, -0.15) is 0 Å². The molecule has 0 spiro atoms. The van der Waals surface area contributed by atoms with Gasteiger partial charge in [0.2, 0.25) is 0 Å². The zero-order chi connectivity index (χ0) is 11.9. The Morgan fingerprint density at radius 2 is 2.00 bits per heavy atom. The molecule has 1 aromatic carbocycles. The highest BCUT2D eigenvalue weighted by Gasteiger charge is 2.34. The predicted molar refractivity (Wildman–Crippen MR) is 66.6 cm³/mol. The van der Waals surface area contributed by atoms with E-state index in [4.69, 9.17) is 15.5 Å². The minimum Gasteiger partial charge on any atom is -0.381 e. The molecule has 3 rings (SSSR count). The average molecular weight is 231 g/mol. The molecule has 0 unspecified atom stereocenters. The van der Waals surface area contributed by atoms with Crippen molar-refractivity contribution < 1.29 is 4.74 Å². The lowest BCUT2D eigenvalue weighted by molar-refractivity contribution is 0.0484. The van der Waals surface area contributed by atoms with Gasteiger partial charge in [-0.05, 0) is 25.0 Å². The highest BCUT2D eigenvalue weighted by atomic mass is 16.5. The summed E-state index contributed by atoms with van der Waals surface area (Å²) >= 11 is 0. The molecule has 90 valence electrons. The number of aromatic nitrogens is 2. The van der Waals surface area contributed by atoms with Gasteiger partial charge in [0.25, 0.3) is 0 Å². The zero-order valence-electron chi connectivity index (χ0n) is 10.0. The summed E-state index contributed by atoms with van der Waals surface area (Å²) in [7, 11) is 2.04. The smallest absolute Gasteiger partial charge is 0.129 e. The molecular formula is C13H17N3O. The number of imidazole rings is 1. The molecule has 1 aromatic heterocycles. The third-order valence-electron chi connectivity index (χ3n) is 3.62. The predicted octanol–water partition coefficient (Wildman–Crippen LogP) is 1.54.